The van der Waals surface area contributed by atoms with Gasteiger partial charge in [-0.25, -0.2) is 9.59 Å². The molecule has 0 aliphatic heterocycles. The van der Waals surface area contributed by atoms with Crippen molar-refractivity contribution in [3.63, 3.8) is 0 Å². The van der Waals surface area contributed by atoms with E-state index < -0.39 is 23.8 Å². The first-order chi connectivity index (χ1) is 11.3. The molecule has 2 aromatic heterocycles. The maximum atomic E-state index is 12.5. The van der Waals surface area contributed by atoms with Crippen LogP contribution >= 0.6 is 22.9 Å². The second kappa shape index (κ2) is 7.19. The summed E-state index contributed by atoms with van der Waals surface area (Å²) in [5.74, 6) is -1.58. The molecule has 0 aromatic carbocycles. The summed E-state index contributed by atoms with van der Waals surface area (Å²) < 4.78 is 10.4. The molecule has 0 bridgehead atoms. The van der Waals surface area contributed by atoms with E-state index in [9.17, 15) is 14.4 Å². The first kappa shape index (κ1) is 18.2. The summed E-state index contributed by atoms with van der Waals surface area (Å²) in [5.41, 5.74) is 1.51. The normalized spacial score (nSPS) is 11.9. The number of hydrogen-bond acceptors (Lipinski definition) is 6. The molecule has 2 heterocycles. The molecule has 0 saturated heterocycles. The Morgan fingerprint density at radius 1 is 1.21 bits per heavy atom. The zero-order valence-electron chi connectivity index (χ0n) is 13.6. The van der Waals surface area contributed by atoms with Gasteiger partial charge in [-0.1, -0.05) is 11.6 Å². The van der Waals surface area contributed by atoms with Gasteiger partial charge in [0.1, 0.15) is 4.88 Å². The predicted octanol–water partition coefficient (Wildman–Crippen LogP) is 3.56. The lowest BCUT2D eigenvalue weighted by Crippen LogP contribution is -2.25. The molecule has 0 fully saturated rings. The van der Waals surface area contributed by atoms with E-state index in [2.05, 4.69) is 4.98 Å². The number of Topliss-reactive ketones (excluding diaryl/α,β-unsaturated/α-hetero) is 1. The average molecular weight is 370 g/mol. The van der Waals surface area contributed by atoms with Crippen LogP contribution in [0, 0.1) is 13.8 Å². The summed E-state index contributed by atoms with van der Waals surface area (Å²) in [6, 6.07) is 3.11. The molecule has 1 atom stereocenters. The molecule has 128 valence electrons. The second-order valence-electron chi connectivity index (χ2n) is 5.13. The Morgan fingerprint density at radius 2 is 1.88 bits per heavy atom. The lowest BCUT2D eigenvalue weighted by atomic mass is 10.1. The number of halogens is 1. The van der Waals surface area contributed by atoms with Crippen LogP contribution in [0.3, 0.4) is 0 Å². The Bertz CT molecular complexity index is 807. The van der Waals surface area contributed by atoms with Crippen LogP contribution in [0.5, 0.6) is 0 Å². The van der Waals surface area contributed by atoms with Crippen molar-refractivity contribution in [1.29, 1.82) is 0 Å². The van der Waals surface area contributed by atoms with E-state index in [-0.39, 0.29) is 5.69 Å². The van der Waals surface area contributed by atoms with E-state index >= 15 is 0 Å². The van der Waals surface area contributed by atoms with Gasteiger partial charge in [0.25, 0.3) is 0 Å². The molecule has 0 unspecified atom stereocenters. The highest BCUT2D eigenvalue weighted by Gasteiger charge is 2.27. The minimum Gasteiger partial charge on any atom is -0.465 e. The van der Waals surface area contributed by atoms with Crippen molar-refractivity contribution in [2.75, 3.05) is 7.11 Å². The predicted molar refractivity (Wildman–Crippen MR) is 90.1 cm³/mol. The van der Waals surface area contributed by atoms with Crippen molar-refractivity contribution in [3.8, 4) is 0 Å². The van der Waals surface area contributed by atoms with E-state index in [4.69, 9.17) is 21.1 Å². The van der Waals surface area contributed by atoms with Crippen LogP contribution in [0.25, 0.3) is 0 Å². The van der Waals surface area contributed by atoms with Crippen LogP contribution < -0.4 is 0 Å². The summed E-state index contributed by atoms with van der Waals surface area (Å²) in [6.45, 7) is 4.78. The SMILES string of the molecule is COC(=O)c1c(C)[nH]c(C(=O)[C@H](C)OC(=O)c2ccc(Cl)s2)c1C. The molecular formula is C16H16ClNO5S. The second-order valence-corrected chi connectivity index (χ2v) is 6.85. The van der Waals surface area contributed by atoms with Gasteiger partial charge in [0.2, 0.25) is 5.78 Å². The van der Waals surface area contributed by atoms with Crippen molar-refractivity contribution < 1.29 is 23.9 Å². The molecule has 2 aromatic rings. The van der Waals surface area contributed by atoms with Gasteiger partial charge in [-0.2, -0.15) is 0 Å². The molecule has 0 amide bonds. The highest BCUT2D eigenvalue weighted by Crippen LogP contribution is 2.24. The largest absolute Gasteiger partial charge is 0.465 e. The molecule has 0 spiro atoms. The number of esters is 2. The third kappa shape index (κ3) is 3.52. The first-order valence-electron chi connectivity index (χ1n) is 7.04. The van der Waals surface area contributed by atoms with Gasteiger partial charge in [-0.3, -0.25) is 4.79 Å². The third-order valence-corrected chi connectivity index (χ3v) is 4.71. The molecule has 6 nitrogen and oxygen atoms in total. The lowest BCUT2D eigenvalue weighted by Gasteiger charge is -2.11. The summed E-state index contributed by atoms with van der Waals surface area (Å²) in [7, 11) is 1.27. The molecule has 0 aliphatic rings. The van der Waals surface area contributed by atoms with Crippen molar-refractivity contribution in [2.45, 2.75) is 26.9 Å². The zero-order valence-corrected chi connectivity index (χ0v) is 15.1. The molecule has 2 rings (SSSR count). The summed E-state index contributed by atoms with van der Waals surface area (Å²) in [5, 5.41) is 0. The molecule has 1 N–H and O–H groups in total. The number of aromatic nitrogens is 1. The number of carbonyl (C=O) groups is 3. The number of nitrogens with one attached hydrogen (secondary N) is 1. The Hall–Kier alpha value is -2.12. The van der Waals surface area contributed by atoms with Gasteiger partial charge in [0.15, 0.2) is 6.10 Å². The zero-order chi connectivity index (χ0) is 18.0. The van der Waals surface area contributed by atoms with Gasteiger partial charge in [-0.05, 0) is 38.5 Å². The van der Waals surface area contributed by atoms with Crippen molar-refractivity contribution in [3.05, 3.63) is 43.9 Å². The maximum Gasteiger partial charge on any atom is 0.349 e. The average Bonchev–Trinajstić information content (AvgIpc) is 3.09. The van der Waals surface area contributed by atoms with Crippen LogP contribution in [0.2, 0.25) is 4.34 Å². The van der Waals surface area contributed by atoms with Gasteiger partial charge in [0, 0.05) is 5.69 Å². The van der Waals surface area contributed by atoms with Gasteiger partial charge in [-0.15, -0.1) is 11.3 Å². The summed E-state index contributed by atoms with van der Waals surface area (Å²) in [4.78, 5) is 39.5. The standard InChI is InChI=1S/C16H16ClNO5S/c1-7-12(16(21)22-4)8(2)18-13(7)14(19)9(3)23-15(20)10-5-6-11(17)24-10/h5-6,9,18H,1-4H3/t9-/m0/s1. The first-order valence-corrected chi connectivity index (χ1v) is 8.23. The van der Waals surface area contributed by atoms with Crippen LogP contribution in [0.1, 0.15) is 48.7 Å². The van der Waals surface area contributed by atoms with Crippen molar-refractivity contribution in [2.24, 2.45) is 0 Å². The molecular weight excluding hydrogens is 354 g/mol. The number of methoxy groups -OCH3 is 1. The van der Waals surface area contributed by atoms with Gasteiger partial charge < -0.3 is 14.5 Å². The summed E-state index contributed by atoms with van der Waals surface area (Å²) in [6.07, 6.45) is -1.01. The number of aromatic amines is 1. The van der Waals surface area contributed by atoms with E-state index in [0.29, 0.717) is 26.0 Å². The molecule has 0 saturated carbocycles. The smallest absolute Gasteiger partial charge is 0.349 e. The number of rotatable bonds is 5. The number of thiophene rings is 1. The Balaban J connectivity index is 2.19. The van der Waals surface area contributed by atoms with Gasteiger partial charge >= 0.3 is 11.9 Å². The highest BCUT2D eigenvalue weighted by molar-refractivity contribution is 7.17. The van der Waals surface area contributed by atoms with Crippen LogP contribution in [0.4, 0.5) is 0 Å². The lowest BCUT2D eigenvalue weighted by molar-refractivity contribution is 0.0321. The summed E-state index contributed by atoms with van der Waals surface area (Å²) >= 11 is 6.85. The van der Waals surface area contributed by atoms with Crippen LogP contribution in [-0.4, -0.2) is 35.9 Å². The number of hydrogen-bond donors (Lipinski definition) is 1. The van der Waals surface area contributed by atoms with E-state index in [0.717, 1.165) is 11.3 Å². The molecule has 0 aliphatic carbocycles. The number of carbonyl (C=O) groups excluding carboxylic acids is 3. The third-order valence-electron chi connectivity index (χ3n) is 3.50. The number of H-pyrrole nitrogens is 1. The quantitative estimate of drug-likeness (QED) is 0.643. The van der Waals surface area contributed by atoms with E-state index in [1.807, 2.05) is 0 Å². The van der Waals surface area contributed by atoms with Crippen LogP contribution in [0.15, 0.2) is 12.1 Å². The Morgan fingerprint density at radius 3 is 2.42 bits per heavy atom. The minimum absolute atomic E-state index is 0.220. The molecule has 24 heavy (non-hydrogen) atoms. The number of aryl methyl sites for hydroxylation is 1. The Labute approximate surface area is 147 Å². The minimum atomic E-state index is -1.01. The fourth-order valence-corrected chi connectivity index (χ4v) is 3.23. The fourth-order valence-electron chi connectivity index (χ4n) is 2.30. The van der Waals surface area contributed by atoms with Crippen LogP contribution in [-0.2, 0) is 9.47 Å². The van der Waals surface area contributed by atoms with Crippen molar-refractivity contribution >= 4 is 40.7 Å². The molecule has 8 heteroatoms. The maximum absolute atomic E-state index is 12.5. The molecule has 0 radical (unpaired) electrons. The van der Waals surface area contributed by atoms with Gasteiger partial charge in [0.05, 0.1) is 22.7 Å². The number of ketones is 1. The highest BCUT2D eigenvalue weighted by atomic mass is 35.5. The van der Waals surface area contributed by atoms with E-state index in [1.54, 1.807) is 19.9 Å². The number of ether oxygens (including phenoxy) is 2. The fraction of sp³-hybridized carbons (Fsp3) is 0.312. The monoisotopic (exact) mass is 369 g/mol. The van der Waals surface area contributed by atoms with E-state index in [1.165, 1.54) is 20.1 Å². The van der Waals surface area contributed by atoms with Crippen molar-refractivity contribution in [1.82, 2.24) is 4.98 Å². The Kier molecular flexibility index (Phi) is 5.46. The topological polar surface area (TPSA) is 85.5 Å².